The zero-order valence-electron chi connectivity index (χ0n) is 12.2. The van der Waals surface area contributed by atoms with E-state index in [0.717, 1.165) is 24.0 Å². The van der Waals surface area contributed by atoms with Crippen molar-refractivity contribution in [1.29, 1.82) is 0 Å². The van der Waals surface area contributed by atoms with Gasteiger partial charge in [0.2, 0.25) is 10.0 Å². The molecule has 0 radical (unpaired) electrons. The van der Waals surface area contributed by atoms with Crippen molar-refractivity contribution in [2.24, 2.45) is 5.92 Å². The van der Waals surface area contributed by atoms with E-state index in [-0.39, 0.29) is 4.90 Å². The molecule has 1 aromatic rings. The summed E-state index contributed by atoms with van der Waals surface area (Å²) in [5, 5.41) is 0. The highest BCUT2D eigenvalue weighted by atomic mass is 32.2. The number of nitrogen functional groups attached to an aromatic ring is 1. The topological polar surface area (TPSA) is 72.2 Å². The quantitative estimate of drug-likeness (QED) is 0.789. The minimum Gasteiger partial charge on any atom is -0.398 e. The van der Waals surface area contributed by atoms with E-state index in [1.165, 1.54) is 0 Å². The number of sulfonamides is 1. The van der Waals surface area contributed by atoms with Gasteiger partial charge in [0.1, 0.15) is 4.90 Å². The molecule has 0 unspecified atom stereocenters. The van der Waals surface area contributed by atoms with E-state index in [1.54, 1.807) is 13.0 Å². The Hall–Kier alpha value is -1.07. The summed E-state index contributed by atoms with van der Waals surface area (Å²) in [6.45, 7) is 8.26. The predicted molar refractivity (Wildman–Crippen MR) is 79.6 cm³/mol. The minimum absolute atomic E-state index is 0.221. The molecule has 0 atom stereocenters. The summed E-state index contributed by atoms with van der Waals surface area (Å²) in [6, 6.07) is 3.48. The Morgan fingerprint density at radius 1 is 1.21 bits per heavy atom. The zero-order valence-corrected chi connectivity index (χ0v) is 13.0. The first kappa shape index (κ1) is 16.0. The zero-order chi connectivity index (χ0) is 14.6. The summed E-state index contributed by atoms with van der Waals surface area (Å²) in [5.74, 6) is 0.362. The highest BCUT2D eigenvalue weighted by Crippen LogP contribution is 2.25. The van der Waals surface area contributed by atoms with Crippen LogP contribution in [-0.2, 0) is 10.0 Å². The van der Waals surface area contributed by atoms with E-state index >= 15 is 0 Å². The molecule has 3 N–H and O–H groups in total. The molecule has 0 spiro atoms. The summed E-state index contributed by atoms with van der Waals surface area (Å²) in [5.41, 5.74) is 7.78. The fourth-order valence-electron chi connectivity index (χ4n) is 2.04. The molecule has 4 nitrogen and oxygen atoms in total. The van der Waals surface area contributed by atoms with E-state index in [4.69, 9.17) is 5.73 Å². The molecule has 0 aliphatic rings. The molecule has 0 saturated heterocycles. The molecule has 0 fully saturated rings. The molecule has 1 rings (SSSR count). The number of hydrogen-bond acceptors (Lipinski definition) is 3. The van der Waals surface area contributed by atoms with Crippen LogP contribution < -0.4 is 10.5 Å². The number of benzene rings is 1. The maximum atomic E-state index is 12.4. The third-order valence-corrected chi connectivity index (χ3v) is 5.32. The van der Waals surface area contributed by atoms with E-state index in [9.17, 15) is 8.42 Å². The van der Waals surface area contributed by atoms with E-state index in [0.29, 0.717) is 18.2 Å². The first-order valence-corrected chi connectivity index (χ1v) is 8.17. The van der Waals surface area contributed by atoms with E-state index in [1.807, 2.05) is 13.0 Å². The Balaban J connectivity index is 3.05. The van der Waals surface area contributed by atoms with Gasteiger partial charge in [-0.25, -0.2) is 13.1 Å². The van der Waals surface area contributed by atoms with E-state index < -0.39 is 10.0 Å². The number of nitrogens with one attached hydrogen (secondary N) is 1. The van der Waals surface area contributed by atoms with Gasteiger partial charge in [0.15, 0.2) is 0 Å². The Labute approximate surface area is 116 Å². The van der Waals surface area contributed by atoms with Crippen LogP contribution in [0.2, 0.25) is 0 Å². The molecular weight excluding hydrogens is 260 g/mol. The van der Waals surface area contributed by atoms with E-state index in [2.05, 4.69) is 18.6 Å². The van der Waals surface area contributed by atoms with Gasteiger partial charge in [0.05, 0.1) is 5.69 Å². The predicted octanol–water partition coefficient (Wildman–Crippen LogP) is 2.60. The largest absolute Gasteiger partial charge is 0.398 e. The number of aryl methyl sites for hydroxylation is 1. The summed E-state index contributed by atoms with van der Waals surface area (Å²) in [7, 11) is -3.53. The second-order valence-electron chi connectivity index (χ2n) is 4.96. The van der Waals surface area contributed by atoms with Crippen molar-refractivity contribution >= 4 is 15.7 Å². The van der Waals surface area contributed by atoms with Gasteiger partial charge in [-0.2, -0.15) is 0 Å². The first-order chi connectivity index (χ1) is 8.83. The first-order valence-electron chi connectivity index (χ1n) is 6.68. The van der Waals surface area contributed by atoms with Crippen molar-refractivity contribution in [2.45, 2.75) is 45.4 Å². The van der Waals surface area contributed by atoms with Crippen LogP contribution in [0.15, 0.2) is 17.0 Å². The van der Waals surface area contributed by atoms with Gasteiger partial charge < -0.3 is 5.73 Å². The molecular formula is C14H24N2O2S. The molecule has 108 valence electrons. The Kier molecular flexibility index (Phi) is 5.38. The second kappa shape index (κ2) is 6.39. The van der Waals surface area contributed by atoms with Crippen LogP contribution in [0.3, 0.4) is 0 Å². The highest BCUT2D eigenvalue weighted by Gasteiger charge is 2.21. The highest BCUT2D eigenvalue weighted by molar-refractivity contribution is 7.89. The maximum absolute atomic E-state index is 12.4. The van der Waals surface area contributed by atoms with Crippen molar-refractivity contribution in [3.8, 4) is 0 Å². The smallest absolute Gasteiger partial charge is 0.242 e. The Morgan fingerprint density at radius 3 is 2.32 bits per heavy atom. The molecule has 19 heavy (non-hydrogen) atoms. The Bertz CT molecular complexity index is 535. The number of anilines is 1. The van der Waals surface area contributed by atoms with Crippen LogP contribution in [-0.4, -0.2) is 15.0 Å². The van der Waals surface area contributed by atoms with Crippen LogP contribution in [0.25, 0.3) is 0 Å². The second-order valence-corrected chi connectivity index (χ2v) is 6.66. The summed E-state index contributed by atoms with van der Waals surface area (Å²) >= 11 is 0. The van der Waals surface area contributed by atoms with Gasteiger partial charge in [-0.15, -0.1) is 0 Å². The maximum Gasteiger partial charge on any atom is 0.242 e. The average molecular weight is 284 g/mol. The van der Waals surface area contributed by atoms with Gasteiger partial charge in [-0.3, -0.25) is 0 Å². The van der Waals surface area contributed by atoms with Gasteiger partial charge in [-0.05, 0) is 37.0 Å². The molecule has 0 saturated carbocycles. The molecule has 0 aliphatic heterocycles. The van der Waals surface area contributed by atoms with Crippen molar-refractivity contribution in [3.05, 3.63) is 23.3 Å². The lowest BCUT2D eigenvalue weighted by atomic mass is 10.0. The lowest BCUT2D eigenvalue weighted by Gasteiger charge is -2.16. The van der Waals surface area contributed by atoms with Gasteiger partial charge in [-0.1, -0.05) is 32.8 Å². The fourth-order valence-corrected chi connectivity index (χ4v) is 3.59. The van der Waals surface area contributed by atoms with Gasteiger partial charge in [0.25, 0.3) is 0 Å². The minimum atomic E-state index is -3.53. The summed E-state index contributed by atoms with van der Waals surface area (Å²) in [6.07, 6.45) is 1.92. The van der Waals surface area contributed by atoms with Crippen LogP contribution in [0.5, 0.6) is 0 Å². The third-order valence-electron chi connectivity index (χ3n) is 3.69. The van der Waals surface area contributed by atoms with Crippen molar-refractivity contribution in [1.82, 2.24) is 4.72 Å². The molecule has 0 bridgehead atoms. The molecule has 0 heterocycles. The Morgan fingerprint density at radius 2 is 1.79 bits per heavy atom. The average Bonchev–Trinajstić information content (AvgIpc) is 2.35. The lowest BCUT2D eigenvalue weighted by molar-refractivity contribution is 0.479. The monoisotopic (exact) mass is 284 g/mol. The van der Waals surface area contributed by atoms with Gasteiger partial charge in [0, 0.05) is 6.54 Å². The van der Waals surface area contributed by atoms with Crippen LogP contribution >= 0.6 is 0 Å². The number of rotatable bonds is 6. The fraction of sp³-hybridized carbons (Fsp3) is 0.571. The van der Waals surface area contributed by atoms with Crippen LogP contribution in [0, 0.1) is 19.8 Å². The lowest BCUT2D eigenvalue weighted by Crippen LogP contribution is -2.30. The molecule has 0 aliphatic carbocycles. The summed E-state index contributed by atoms with van der Waals surface area (Å²) in [4.78, 5) is 0.221. The number of nitrogens with two attached hydrogens (primary N) is 1. The van der Waals surface area contributed by atoms with Crippen LogP contribution in [0.4, 0.5) is 5.69 Å². The standard InChI is InChI=1S/C14H24N2O2S/c1-5-12(6-2)9-16-19(17,18)14-11(4)10(3)7-8-13(14)15/h7-8,12,16H,5-6,9,15H2,1-4H3. The van der Waals surface area contributed by atoms with Crippen molar-refractivity contribution < 1.29 is 8.42 Å². The van der Waals surface area contributed by atoms with Crippen molar-refractivity contribution in [2.75, 3.05) is 12.3 Å². The van der Waals surface area contributed by atoms with Crippen LogP contribution in [0.1, 0.15) is 37.8 Å². The normalized spacial score (nSPS) is 12.1. The van der Waals surface area contributed by atoms with Crippen molar-refractivity contribution in [3.63, 3.8) is 0 Å². The number of hydrogen-bond donors (Lipinski definition) is 2. The summed E-state index contributed by atoms with van der Waals surface area (Å²) < 4.78 is 27.4. The third kappa shape index (κ3) is 3.70. The SMILES string of the molecule is CCC(CC)CNS(=O)(=O)c1c(N)ccc(C)c1C. The van der Waals surface area contributed by atoms with Gasteiger partial charge >= 0.3 is 0 Å². The molecule has 5 heteroatoms. The molecule has 1 aromatic carbocycles. The molecule has 0 aromatic heterocycles. The molecule has 0 amide bonds.